The number of carboxylic acid groups (broad SMARTS) is 1. The first-order valence-electron chi connectivity index (χ1n) is 5.72. The number of aromatic carboxylic acids is 1. The molecule has 0 aliphatic rings. The zero-order valence-electron chi connectivity index (χ0n) is 10.1. The lowest BCUT2D eigenvalue weighted by molar-refractivity contribution is 0.0700. The second kappa shape index (κ2) is 5.90. The topological polar surface area (TPSA) is 50.2 Å². The summed E-state index contributed by atoms with van der Waals surface area (Å²) < 4.78 is 0. The molecule has 0 saturated carbocycles. The van der Waals surface area contributed by atoms with Gasteiger partial charge in [-0.15, -0.1) is 11.3 Å². The van der Waals surface area contributed by atoms with Crippen molar-refractivity contribution in [2.45, 2.75) is 19.8 Å². The van der Waals surface area contributed by atoms with Gasteiger partial charge in [-0.25, -0.2) is 9.78 Å². The lowest BCUT2D eigenvalue weighted by Gasteiger charge is -2.02. The first-order valence-corrected chi connectivity index (χ1v) is 7.29. The van der Waals surface area contributed by atoms with E-state index in [2.05, 4.69) is 4.98 Å². The molecule has 100 valence electrons. The average molecular weight is 316 g/mol. The Kier molecular flexibility index (Phi) is 4.45. The third kappa shape index (κ3) is 2.91. The van der Waals surface area contributed by atoms with Crippen LogP contribution in [0.1, 0.15) is 28.7 Å². The second-order valence-electron chi connectivity index (χ2n) is 3.95. The Labute approximate surface area is 124 Å². The lowest BCUT2D eigenvalue weighted by Crippen LogP contribution is -1.98. The van der Waals surface area contributed by atoms with Crippen molar-refractivity contribution in [3.63, 3.8) is 0 Å². The third-order valence-electron chi connectivity index (χ3n) is 2.56. The molecule has 2 rings (SSSR count). The van der Waals surface area contributed by atoms with E-state index in [1.165, 1.54) is 0 Å². The fraction of sp³-hybridized carbons (Fsp3) is 0.231. The number of aromatic nitrogens is 1. The molecule has 1 N–H and O–H groups in total. The maximum atomic E-state index is 11.2. The van der Waals surface area contributed by atoms with E-state index >= 15 is 0 Å². The number of nitrogens with zero attached hydrogens (tertiary/aromatic N) is 1. The Bertz CT molecular complexity index is 605. The molecule has 2 aromatic rings. The van der Waals surface area contributed by atoms with Crippen LogP contribution in [0.5, 0.6) is 0 Å². The molecule has 0 fully saturated rings. The molecule has 1 aromatic carbocycles. The number of hydrogen-bond acceptors (Lipinski definition) is 3. The third-order valence-corrected chi connectivity index (χ3v) is 4.29. The number of halogens is 2. The Morgan fingerprint density at radius 3 is 2.53 bits per heavy atom. The molecule has 0 spiro atoms. The summed E-state index contributed by atoms with van der Waals surface area (Å²) in [5.41, 5.74) is 1.19. The summed E-state index contributed by atoms with van der Waals surface area (Å²) in [4.78, 5) is 15.9. The van der Waals surface area contributed by atoms with Gasteiger partial charge in [-0.3, -0.25) is 0 Å². The quantitative estimate of drug-likeness (QED) is 0.884. The summed E-state index contributed by atoms with van der Waals surface area (Å²) in [5, 5.41) is 10.7. The highest BCUT2D eigenvalue weighted by Crippen LogP contribution is 2.38. The normalized spacial score (nSPS) is 10.7. The van der Waals surface area contributed by atoms with Crippen LogP contribution >= 0.6 is 34.5 Å². The van der Waals surface area contributed by atoms with Gasteiger partial charge >= 0.3 is 5.97 Å². The van der Waals surface area contributed by atoms with Crippen molar-refractivity contribution in [3.05, 3.63) is 38.8 Å². The van der Waals surface area contributed by atoms with Crippen LogP contribution < -0.4 is 0 Å². The molecule has 0 atom stereocenters. The van der Waals surface area contributed by atoms with Crippen molar-refractivity contribution >= 4 is 40.5 Å². The largest absolute Gasteiger partial charge is 0.477 e. The van der Waals surface area contributed by atoms with Gasteiger partial charge < -0.3 is 5.11 Å². The molecule has 0 aliphatic heterocycles. The minimum absolute atomic E-state index is 0.257. The average Bonchev–Trinajstić information content (AvgIpc) is 2.73. The predicted molar refractivity (Wildman–Crippen MR) is 78.5 cm³/mol. The van der Waals surface area contributed by atoms with E-state index < -0.39 is 5.97 Å². The van der Waals surface area contributed by atoms with Crippen molar-refractivity contribution in [2.24, 2.45) is 0 Å². The standard InChI is InChI=1S/C13H11Cl2NO2S/c1-2-4-9-11(13(17)18)19-12(16-9)10-7(14)5-3-6-8(10)15/h3,5-6H,2,4H2,1H3,(H,17,18). The maximum absolute atomic E-state index is 11.2. The molecule has 0 bridgehead atoms. The Morgan fingerprint density at radius 1 is 1.37 bits per heavy atom. The van der Waals surface area contributed by atoms with Crippen LogP contribution in [0.2, 0.25) is 10.0 Å². The summed E-state index contributed by atoms with van der Waals surface area (Å²) in [6.07, 6.45) is 1.46. The van der Waals surface area contributed by atoms with Gasteiger partial charge in [0.05, 0.1) is 15.7 Å². The number of carbonyl (C=O) groups is 1. The second-order valence-corrected chi connectivity index (χ2v) is 5.76. The Morgan fingerprint density at radius 2 is 2.00 bits per heavy atom. The predicted octanol–water partition coefficient (Wildman–Crippen LogP) is 4.77. The van der Waals surface area contributed by atoms with Crippen molar-refractivity contribution < 1.29 is 9.90 Å². The van der Waals surface area contributed by atoms with Crippen LogP contribution in [0.15, 0.2) is 18.2 Å². The van der Waals surface area contributed by atoms with Gasteiger partial charge in [-0.05, 0) is 18.6 Å². The van der Waals surface area contributed by atoms with Crippen molar-refractivity contribution in [1.82, 2.24) is 4.98 Å². The van der Waals surface area contributed by atoms with E-state index in [1.54, 1.807) is 18.2 Å². The molecule has 0 amide bonds. The minimum Gasteiger partial charge on any atom is -0.477 e. The lowest BCUT2D eigenvalue weighted by atomic mass is 10.2. The number of rotatable bonds is 4. The van der Waals surface area contributed by atoms with E-state index in [9.17, 15) is 9.90 Å². The molecular weight excluding hydrogens is 305 g/mol. The molecule has 19 heavy (non-hydrogen) atoms. The fourth-order valence-electron chi connectivity index (χ4n) is 1.73. The van der Waals surface area contributed by atoms with Crippen molar-refractivity contribution in [2.75, 3.05) is 0 Å². The van der Waals surface area contributed by atoms with Gasteiger partial charge in [0.15, 0.2) is 0 Å². The van der Waals surface area contributed by atoms with E-state index in [-0.39, 0.29) is 4.88 Å². The van der Waals surface area contributed by atoms with E-state index in [0.717, 1.165) is 17.8 Å². The molecule has 3 nitrogen and oxygen atoms in total. The summed E-state index contributed by atoms with van der Waals surface area (Å²) in [7, 11) is 0. The van der Waals surface area contributed by atoms with Gasteiger partial charge in [0.1, 0.15) is 9.88 Å². The smallest absolute Gasteiger partial charge is 0.347 e. The van der Waals surface area contributed by atoms with E-state index in [0.29, 0.717) is 32.7 Å². The minimum atomic E-state index is -0.963. The zero-order chi connectivity index (χ0) is 14.0. The molecule has 0 unspecified atom stereocenters. The van der Waals surface area contributed by atoms with Crippen LogP contribution in [-0.2, 0) is 6.42 Å². The Hall–Kier alpha value is -1.10. The van der Waals surface area contributed by atoms with Gasteiger partial charge in [-0.2, -0.15) is 0 Å². The maximum Gasteiger partial charge on any atom is 0.347 e. The number of aryl methyl sites for hydroxylation is 1. The SMILES string of the molecule is CCCc1nc(-c2c(Cl)cccc2Cl)sc1C(=O)O. The van der Waals surface area contributed by atoms with Gasteiger partial charge in [0, 0.05) is 5.56 Å². The van der Waals surface area contributed by atoms with Crippen molar-refractivity contribution in [1.29, 1.82) is 0 Å². The number of carboxylic acids is 1. The molecule has 1 aromatic heterocycles. The number of benzene rings is 1. The fourth-order valence-corrected chi connectivity index (χ4v) is 3.45. The highest BCUT2D eigenvalue weighted by atomic mass is 35.5. The van der Waals surface area contributed by atoms with E-state index in [1.807, 2.05) is 6.92 Å². The first kappa shape index (κ1) is 14.3. The number of thiazole rings is 1. The Balaban J connectivity index is 2.57. The van der Waals surface area contributed by atoms with Gasteiger partial charge in [0.2, 0.25) is 0 Å². The monoisotopic (exact) mass is 315 g/mol. The summed E-state index contributed by atoms with van der Waals surface area (Å²) in [6.45, 7) is 1.98. The molecular formula is C13H11Cl2NO2S. The molecule has 0 aliphatic carbocycles. The summed E-state index contributed by atoms with van der Waals surface area (Å²) in [6, 6.07) is 5.17. The molecule has 6 heteroatoms. The van der Waals surface area contributed by atoms with E-state index in [4.69, 9.17) is 23.2 Å². The highest BCUT2D eigenvalue weighted by Gasteiger charge is 2.20. The molecule has 0 radical (unpaired) electrons. The van der Waals surface area contributed by atoms with Gasteiger partial charge in [-0.1, -0.05) is 42.6 Å². The van der Waals surface area contributed by atoms with Crippen LogP contribution in [-0.4, -0.2) is 16.1 Å². The van der Waals surface area contributed by atoms with Gasteiger partial charge in [0.25, 0.3) is 0 Å². The zero-order valence-corrected chi connectivity index (χ0v) is 12.4. The summed E-state index contributed by atoms with van der Waals surface area (Å²) >= 11 is 13.3. The molecule has 0 saturated heterocycles. The van der Waals surface area contributed by atoms with Crippen LogP contribution in [0.4, 0.5) is 0 Å². The first-order chi connectivity index (χ1) is 9.04. The van der Waals surface area contributed by atoms with Crippen LogP contribution in [0, 0.1) is 0 Å². The number of hydrogen-bond donors (Lipinski definition) is 1. The summed E-state index contributed by atoms with van der Waals surface area (Å²) in [5.74, 6) is -0.963. The van der Waals surface area contributed by atoms with Crippen molar-refractivity contribution in [3.8, 4) is 10.6 Å². The molecule has 1 heterocycles. The van der Waals surface area contributed by atoms with Crippen LogP contribution in [0.25, 0.3) is 10.6 Å². The highest BCUT2D eigenvalue weighted by molar-refractivity contribution is 7.17. The van der Waals surface area contributed by atoms with Crippen LogP contribution in [0.3, 0.4) is 0 Å².